The molecular weight excluding hydrogens is 544 g/mol. The van der Waals surface area contributed by atoms with E-state index in [-0.39, 0.29) is 17.9 Å². The Kier molecular flexibility index (Phi) is 34.0. The summed E-state index contributed by atoms with van der Waals surface area (Å²) in [5.41, 5.74) is 0. The fourth-order valence-corrected chi connectivity index (χ4v) is 6.48. The molecule has 0 radical (unpaired) electrons. The maximum atomic E-state index is 12.7. The zero-order valence-corrected chi connectivity index (χ0v) is 30.4. The van der Waals surface area contributed by atoms with Crippen LogP contribution in [0.1, 0.15) is 220 Å². The molecule has 0 aromatic rings. The van der Waals surface area contributed by atoms with E-state index in [1.165, 1.54) is 148 Å². The maximum absolute atomic E-state index is 12.7. The van der Waals surface area contributed by atoms with Gasteiger partial charge in [0.1, 0.15) is 0 Å². The fourth-order valence-electron chi connectivity index (χ4n) is 6.48. The van der Waals surface area contributed by atoms with Crippen LogP contribution in [0.5, 0.6) is 0 Å². The molecule has 0 aliphatic rings. The Labute approximate surface area is 276 Å². The van der Waals surface area contributed by atoms with Crippen molar-refractivity contribution in [1.29, 1.82) is 0 Å². The zero-order chi connectivity index (χ0) is 32.4. The van der Waals surface area contributed by atoms with Crippen molar-refractivity contribution < 1.29 is 19.1 Å². The van der Waals surface area contributed by atoms with Gasteiger partial charge in [0.25, 0.3) is 0 Å². The number of hydrogen-bond acceptors (Lipinski definition) is 4. The van der Waals surface area contributed by atoms with Crippen molar-refractivity contribution in [3.8, 4) is 0 Å². The molecule has 44 heavy (non-hydrogen) atoms. The molecule has 0 saturated carbocycles. The summed E-state index contributed by atoms with van der Waals surface area (Å²) >= 11 is 0. The first-order valence-electron chi connectivity index (χ1n) is 19.9. The molecule has 0 amide bonds. The average molecular weight is 623 g/mol. The first-order valence-corrected chi connectivity index (χ1v) is 19.9. The van der Waals surface area contributed by atoms with E-state index in [9.17, 15) is 9.59 Å². The Morgan fingerprint density at radius 2 is 0.818 bits per heavy atom. The molecule has 0 bridgehead atoms. The predicted molar refractivity (Wildman–Crippen MR) is 190 cm³/mol. The molecule has 2 atom stereocenters. The highest BCUT2D eigenvalue weighted by Gasteiger charge is 2.26. The van der Waals surface area contributed by atoms with Crippen LogP contribution in [0.25, 0.3) is 0 Å². The lowest BCUT2D eigenvalue weighted by Crippen LogP contribution is -2.25. The number of rotatable bonds is 35. The van der Waals surface area contributed by atoms with Crippen LogP contribution in [0.2, 0.25) is 0 Å². The van der Waals surface area contributed by atoms with E-state index in [1.807, 2.05) is 0 Å². The molecule has 0 aliphatic carbocycles. The van der Waals surface area contributed by atoms with Crippen LogP contribution in [0.3, 0.4) is 0 Å². The van der Waals surface area contributed by atoms with Gasteiger partial charge in [0.15, 0.2) is 0 Å². The lowest BCUT2D eigenvalue weighted by atomic mass is 9.84. The smallest absolute Gasteiger partial charge is 0.309 e. The molecule has 0 spiro atoms. The summed E-state index contributed by atoms with van der Waals surface area (Å²) in [6, 6.07) is 0. The van der Waals surface area contributed by atoms with Crippen molar-refractivity contribution in [3.63, 3.8) is 0 Å². The van der Waals surface area contributed by atoms with Crippen molar-refractivity contribution >= 4 is 11.9 Å². The van der Waals surface area contributed by atoms with Crippen molar-refractivity contribution in [3.05, 3.63) is 0 Å². The molecule has 0 rings (SSSR count). The van der Waals surface area contributed by atoms with Gasteiger partial charge in [-0.2, -0.15) is 0 Å². The number of carbonyl (C=O) groups is 2. The van der Waals surface area contributed by atoms with Gasteiger partial charge in [0, 0.05) is 6.42 Å². The molecule has 0 fully saturated rings. The number of ether oxygens (including phenoxy) is 2. The molecule has 4 nitrogen and oxygen atoms in total. The molecule has 262 valence electrons. The lowest BCUT2D eigenvalue weighted by Gasteiger charge is -2.23. The minimum Gasteiger partial charge on any atom is -0.466 e. The van der Waals surface area contributed by atoms with Gasteiger partial charge in [-0.3, -0.25) is 9.59 Å². The number of unbranched alkanes of at least 4 members (excludes halogenated alkanes) is 23. The van der Waals surface area contributed by atoms with Gasteiger partial charge in [0.2, 0.25) is 0 Å². The van der Waals surface area contributed by atoms with Crippen LogP contribution in [0.4, 0.5) is 0 Å². The summed E-state index contributed by atoms with van der Waals surface area (Å²) in [5.74, 6) is 0.630. The molecule has 2 unspecified atom stereocenters. The van der Waals surface area contributed by atoms with E-state index >= 15 is 0 Å². The largest absolute Gasteiger partial charge is 0.466 e. The molecule has 0 aromatic carbocycles. The summed E-state index contributed by atoms with van der Waals surface area (Å²) < 4.78 is 11.1. The average Bonchev–Trinajstić information content (AvgIpc) is 3.03. The van der Waals surface area contributed by atoms with Gasteiger partial charge >= 0.3 is 11.9 Å². The van der Waals surface area contributed by atoms with Crippen LogP contribution in [-0.4, -0.2) is 25.2 Å². The Balaban J connectivity index is 3.55. The first-order chi connectivity index (χ1) is 21.6. The molecule has 0 heterocycles. The molecule has 4 heteroatoms. The third kappa shape index (κ3) is 28.4. The van der Waals surface area contributed by atoms with Gasteiger partial charge < -0.3 is 9.47 Å². The molecule has 0 aromatic heterocycles. The van der Waals surface area contributed by atoms with Gasteiger partial charge in [-0.1, -0.05) is 182 Å². The second kappa shape index (κ2) is 34.8. The van der Waals surface area contributed by atoms with E-state index in [2.05, 4.69) is 27.7 Å². The van der Waals surface area contributed by atoms with Gasteiger partial charge in [0.05, 0.1) is 19.1 Å². The van der Waals surface area contributed by atoms with E-state index < -0.39 is 0 Å². The number of esters is 2. The Morgan fingerprint density at radius 3 is 1.25 bits per heavy atom. The first kappa shape index (κ1) is 42.9. The van der Waals surface area contributed by atoms with Crippen LogP contribution in [0.15, 0.2) is 0 Å². The fraction of sp³-hybridized carbons (Fsp3) is 0.950. The Bertz CT molecular complexity index is 604. The highest BCUT2D eigenvalue weighted by atomic mass is 16.5. The van der Waals surface area contributed by atoms with Crippen LogP contribution < -0.4 is 0 Å². The summed E-state index contributed by atoms with van der Waals surface area (Å²) in [5, 5.41) is 0. The lowest BCUT2D eigenvalue weighted by molar-refractivity contribution is -0.151. The van der Waals surface area contributed by atoms with Crippen LogP contribution in [-0.2, 0) is 19.1 Å². The van der Waals surface area contributed by atoms with E-state index in [1.54, 1.807) is 0 Å². The maximum Gasteiger partial charge on any atom is 0.309 e. The summed E-state index contributed by atoms with van der Waals surface area (Å²) in [6.45, 7) is 10.1. The van der Waals surface area contributed by atoms with Crippen molar-refractivity contribution in [2.75, 3.05) is 13.2 Å². The van der Waals surface area contributed by atoms with Gasteiger partial charge in [-0.05, 0) is 38.0 Å². The molecule has 0 aliphatic heterocycles. The highest BCUT2D eigenvalue weighted by Crippen LogP contribution is 2.27. The second-order valence-electron chi connectivity index (χ2n) is 13.6. The second-order valence-corrected chi connectivity index (χ2v) is 13.6. The standard InChI is InChI=1S/C40H78O4/c1-5-9-11-13-27-31-35-43-39(41)34-30-26-24-22-20-18-16-15-17-19-21-23-25-29-33-37(7-3)38(8-4)40(42)44-36-32-28-14-12-10-6-2/h37-38H,5-36H2,1-4H3. The molecule has 0 N–H and O–H groups in total. The van der Waals surface area contributed by atoms with Crippen molar-refractivity contribution in [2.45, 2.75) is 220 Å². The van der Waals surface area contributed by atoms with Gasteiger partial charge in [-0.15, -0.1) is 0 Å². The summed E-state index contributed by atoms with van der Waals surface area (Å²) in [6.07, 6.45) is 36.7. The highest BCUT2D eigenvalue weighted by molar-refractivity contribution is 5.72. The number of carbonyl (C=O) groups excluding carboxylic acids is 2. The minimum absolute atomic E-state index is 0.00443. The quantitative estimate of drug-likeness (QED) is 0.0521. The molecular formula is C40H78O4. The van der Waals surface area contributed by atoms with Crippen molar-refractivity contribution in [2.24, 2.45) is 11.8 Å². The van der Waals surface area contributed by atoms with E-state index in [0.29, 0.717) is 25.6 Å². The molecule has 0 saturated heterocycles. The summed E-state index contributed by atoms with van der Waals surface area (Å²) in [4.78, 5) is 24.6. The number of hydrogen-bond donors (Lipinski definition) is 0. The minimum atomic E-state index is 0.00443. The van der Waals surface area contributed by atoms with Crippen molar-refractivity contribution in [1.82, 2.24) is 0 Å². The SMILES string of the molecule is CCCCCCCCOC(=O)CCCCCCCCCCCCCCCCC(CC)C(CC)C(=O)OCCCCCCCC. The Hall–Kier alpha value is -1.06. The normalized spacial score (nSPS) is 12.7. The van der Waals surface area contributed by atoms with Gasteiger partial charge in [-0.25, -0.2) is 0 Å². The van der Waals surface area contributed by atoms with Crippen LogP contribution in [0, 0.1) is 11.8 Å². The third-order valence-corrected chi connectivity index (χ3v) is 9.54. The topological polar surface area (TPSA) is 52.6 Å². The monoisotopic (exact) mass is 623 g/mol. The zero-order valence-electron chi connectivity index (χ0n) is 30.4. The van der Waals surface area contributed by atoms with Crippen LogP contribution >= 0.6 is 0 Å². The van der Waals surface area contributed by atoms with E-state index in [4.69, 9.17) is 9.47 Å². The third-order valence-electron chi connectivity index (χ3n) is 9.54. The predicted octanol–water partition coefficient (Wildman–Crippen LogP) is 13.1. The van der Waals surface area contributed by atoms with E-state index in [0.717, 1.165) is 38.5 Å². The summed E-state index contributed by atoms with van der Waals surface area (Å²) in [7, 11) is 0. The Morgan fingerprint density at radius 1 is 0.432 bits per heavy atom.